The molecule has 27 nitrogen and oxygen atoms in total. The van der Waals surface area contributed by atoms with Gasteiger partial charge in [0, 0.05) is 95.3 Å². The number of rotatable bonds is 15. The summed E-state index contributed by atoms with van der Waals surface area (Å²) in [7, 11) is 0. The van der Waals surface area contributed by atoms with Crippen LogP contribution < -0.4 is 26.5 Å². The first-order valence-electron chi connectivity index (χ1n) is 38.4. The third-order valence-corrected chi connectivity index (χ3v) is 23.8. The summed E-state index contributed by atoms with van der Waals surface area (Å²) in [5, 5.41) is 48.4. The zero-order chi connectivity index (χ0) is 77.3. The van der Waals surface area contributed by atoms with Gasteiger partial charge in [-0.15, -0.1) is 0 Å². The van der Waals surface area contributed by atoms with Gasteiger partial charge in [-0.2, -0.15) is 0 Å². The number of hydrogen-bond acceptors (Lipinski definition) is 20. The van der Waals surface area contributed by atoms with E-state index in [4.69, 9.17) is 24.3 Å². The number of hydrogen-bond donors (Lipinski definition) is 6. The van der Waals surface area contributed by atoms with Gasteiger partial charge in [0.15, 0.2) is 11.2 Å². The number of aliphatic carboxylic acids is 1. The fourth-order valence-corrected chi connectivity index (χ4v) is 17.1. The number of nitrogens with one attached hydrogen (secondary N) is 2. The van der Waals surface area contributed by atoms with Crippen LogP contribution in [0.3, 0.4) is 0 Å². The molecule has 4 fully saturated rings. The average Bonchev–Trinajstić information content (AvgIpc) is 1.64. The molecule has 0 radical (unpaired) electrons. The number of ether oxygens (including phenoxy) is 3. The number of carbonyl (C=O) groups is 10. The van der Waals surface area contributed by atoms with Gasteiger partial charge >= 0.3 is 23.9 Å². The lowest BCUT2D eigenvalue weighted by atomic mass is 9.80. The quantitative estimate of drug-likeness (QED) is 0.0320. The minimum atomic E-state index is -1.89. The number of aromatic hydroxyl groups is 1. The Morgan fingerprint density at radius 1 is 0.505 bits per heavy atom. The summed E-state index contributed by atoms with van der Waals surface area (Å²) in [6, 6.07) is 17.3. The minimum Gasteiger partial charge on any atom is -0.508 e. The average molecular weight is 1490 g/mol. The number of phenols is 1. The second kappa shape index (κ2) is 32.0. The highest BCUT2D eigenvalue weighted by Gasteiger charge is 2.48. The fourth-order valence-electron chi connectivity index (χ4n) is 17.1. The highest BCUT2D eigenvalue weighted by Crippen LogP contribution is 2.43. The van der Waals surface area contributed by atoms with Crippen molar-refractivity contribution in [1.82, 2.24) is 39.5 Å². The largest absolute Gasteiger partial charge is 0.508 e. The molecule has 109 heavy (non-hydrogen) atoms. The number of cyclic esters (lactones) is 2. The molecule has 6 aromatic rings. The molecule has 6 amide bonds. The maximum absolute atomic E-state index is 13.5. The number of aromatic nitrogens is 4. The number of carbonyl (C=O) groups excluding carboxylic acids is 9. The Hall–Kier alpha value is -10.5. The van der Waals surface area contributed by atoms with E-state index in [2.05, 4.69) is 15.6 Å². The van der Waals surface area contributed by atoms with Crippen molar-refractivity contribution in [3.8, 4) is 34.3 Å². The number of carboxylic acids is 1. The third kappa shape index (κ3) is 15.5. The van der Waals surface area contributed by atoms with E-state index in [1.54, 1.807) is 71.5 Å². The molecule has 0 spiro atoms. The van der Waals surface area contributed by atoms with Crippen molar-refractivity contribution in [3.63, 3.8) is 0 Å². The lowest BCUT2D eigenvalue weighted by Crippen LogP contribution is -2.44. The monoisotopic (exact) mass is 1490 g/mol. The summed E-state index contributed by atoms with van der Waals surface area (Å²) in [6.07, 6.45) is 17.9. The maximum Gasteiger partial charge on any atom is 0.343 e. The topological polar surface area (TPSA) is 380 Å². The molecule has 10 aliphatic rings. The highest BCUT2D eigenvalue weighted by molar-refractivity contribution is 6.13. The van der Waals surface area contributed by atoms with Gasteiger partial charge in [0.1, 0.15) is 24.7 Å². The van der Waals surface area contributed by atoms with E-state index < -0.39 is 29.1 Å². The molecule has 16 rings (SSSR count). The fraction of sp³-hybridized carbons (Fsp3) is 0.488. The number of phenolic OH excluding ortho intramolecular Hbond substituents is 1. The van der Waals surface area contributed by atoms with Gasteiger partial charge in [-0.3, -0.25) is 57.7 Å². The normalized spacial score (nSPS) is 25.5. The van der Waals surface area contributed by atoms with Gasteiger partial charge in [-0.1, -0.05) is 27.7 Å². The lowest BCUT2D eigenvalue weighted by Gasteiger charge is -2.31. The third-order valence-electron chi connectivity index (χ3n) is 23.8. The van der Waals surface area contributed by atoms with Crippen molar-refractivity contribution in [3.05, 3.63) is 139 Å². The summed E-state index contributed by atoms with van der Waals surface area (Å²) >= 11 is 0. The highest BCUT2D eigenvalue weighted by atomic mass is 16.6. The van der Waals surface area contributed by atoms with Crippen LogP contribution in [0.15, 0.2) is 94.6 Å². The van der Waals surface area contributed by atoms with Crippen LogP contribution in [0.25, 0.3) is 44.6 Å². The number of fused-ring (bicyclic) bond motifs is 10. The van der Waals surface area contributed by atoms with E-state index in [1.165, 1.54) is 34.1 Å². The first-order chi connectivity index (χ1) is 52.4. The van der Waals surface area contributed by atoms with Crippen LogP contribution in [0.2, 0.25) is 0 Å². The number of imide groups is 2. The summed E-state index contributed by atoms with van der Waals surface area (Å²) in [4.78, 5) is 160. The van der Waals surface area contributed by atoms with Crippen molar-refractivity contribution >= 4 is 81.1 Å². The number of benzene rings is 2. The summed E-state index contributed by atoms with van der Waals surface area (Å²) in [5.74, 6) is -2.14. The predicted octanol–water partition coefficient (Wildman–Crippen LogP) is 8.18. The summed E-state index contributed by atoms with van der Waals surface area (Å²) in [6.45, 7) is 9.70. The number of nitrogens with zero attached hydrogens (tertiary/aromatic N) is 6. The molecule has 4 saturated carbocycles. The molecule has 10 heterocycles. The molecule has 4 aliphatic carbocycles. The van der Waals surface area contributed by atoms with Gasteiger partial charge < -0.3 is 54.4 Å². The van der Waals surface area contributed by atoms with E-state index in [0.717, 1.165) is 98.9 Å². The Kier molecular flexibility index (Phi) is 22.5. The Morgan fingerprint density at radius 3 is 1.30 bits per heavy atom. The smallest absolute Gasteiger partial charge is 0.343 e. The van der Waals surface area contributed by atoms with Crippen molar-refractivity contribution in [2.75, 3.05) is 26.2 Å². The Bertz CT molecular complexity index is 4840. The van der Waals surface area contributed by atoms with Crippen molar-refractivity contribution in [1.29, 1.82) is 0 Å². The molecule has 574 valence electrons. The second-order valence-corrected chi connectivity index (χ2v) is 30.3. The molecule has 2 atom stereocenters. The van der Waals surface area contributed by atoms with E-state index in [1.807, 2.05) is 26.0 Å². The number of aliphatic hydroxyl groups is 2. The molecule has 0 saturated heterocycles. The van der Waals surface area contributed by atoms with E-state index >= 15 is 0 Å². The first-order valence-corrected chi connectivity index (χ1v) is 38.4. The van der Waals surface area contributed by atoms with Gasteiger partial charge in [0.25, 0.3) is 34.7 Å². The van der Waals surface area contributed by atoms with Gasteiger partial charge in [-0.25, -0.2) is 19.6 Å². The summed E-state index contributed by atoms with van der Waals surface area (Å²) < 4.78 is 19.2. The Labute approximate surface area is 628 Å². The van der Waals surface area contributed by atoms with Crippen LogP contribution >= 0.6 is 0 Å². The van der Waals surface area contributed by atoms with Crippen LogP contribution in [0.5, 0.6) is 11.5 Å². The molecular weight excluding hydrogens is 1400 g/mol. The van der Waals surface area contributed by atoms with Gasteiger partial charge in [0.2, 0.25) is 11.8 Å². The zero-order valence-electron chi connectivity index (χ0n) is 61.7. The molecular formula is C82H92N8O19. The Morgan fingerprint density at radius 2 is 0.890 bits per heavy atom. The second-order valence-electron chi connectivity index (χ2n) is 30.3. The van der Waals surface area contributed by atoms with E-state index in [0.29, 0.717) is 121 Å². The summed E-state index contributed by atoms with van der Waals surface area (Å²) in [5.41, 5.74) is 2.16. The number of amides is 6. The van der Waals surface area contributed by atoms with Crippen LogP contribution in [-0.2, 0) is 94.9 Å². The maximum atomic E-state index is 13.5. The SMILES string of the molecule is CC.CC[C@@]1(O)C(=O)OCc2c1cc1n(c2=O)Cc2cc3cc(O)ccc3nc2-1.CC[C@@]1(O)C(=O)OCc2c1cc1n(c2=O)Cc2cc3cc(OC(=O)C4CCC(CNC(=O)C5CCC(CN6C(=O)C=CC6=O)CC5)CC4)ccc3nc2-1.O=C(O)C1CCC(CNC(=O)C2CCC(CN3C(=O)C=CC3=O)CC2)CC1. The van der Waals surface area contributed by atoms with Crippen LogP contribution in [0.1, 0.15) is 177 Å². The van der Waals surface area contributed by atoms with Crippen molar-refractivity contribution < 1.29 is 82.6 Å². The number of pyridine rings is 4. The first kappa shape index (κ1) is 76.6. The van der Waals surface area contributed by atoms with Crippen molar-refractivity contribution in [2.45, 2.75) is 181 Å². The molecule has 27 heteroatoms. The predicted molar refractivity (Wildman–Crippen MR) is 395 cm³/mol. The van der Waals surface area contributed by atoms with Crippen LogP contribution in [-0.4, -0.2) is 135 Å². The molecule has 0 bridgehead atoms. The minimum absolute atomic E-state index is 0.000264. The molecule has 4 aromatic heterocycles. The zero-order valence-corrected chi connectivity index (χ0v) is 61.7. The number of carboxylic acid groups (broad SMARTS) is 1. The van der Waals surface area contributed by atoms with E-state index in [-0.39, 0.29) is 138 Å². The van der Waals surface area contributed by atoms with Gasteiger partial charge in [0.05, 0.1) is 69.9 Å². The molecule has 0 unspecified atom stereocenters. The molecule has 2 aromatic carbocycles. The number of esters is 3. The van der Waals surface area contributed by atoms with Crippen LogP contribution in [0.4, 0.5) is 0 Å². The standard InChI is InChI=1S/C40H42N4O9.C20H16N2O5.C20H28N2O5.C2H6/c1-2-40(51)30-17-32-35-27(20-43(32)37(48)29(30)21-52-39(40)50)15-26-16-28(11-12-31(26)42-35)53-38(49)25-9-3-22(4-10-25)18-41-36(47)24-7-5-23(6-8-24)19-44-33(45)13-14-34(44)46;1-2-20(26)14-7-16-17-11(5-10-6-12(23)3-4-15(10)21-17)8-22(16)18(24)13(14)9-27-19(20)25;23-17-9-10-18(24)22(17)12-14-3-5-15(6-4-14)19(25)21-11-13-1-7-16(8-2-13)20(26)27;1-2/h11-17,22-25,51H,2-10,18-21H2,1H3,(H,41,47);3-7,23,26H,2,8-9H2,1H3;9-10,13-16H,1-8,11-12H2,(H,21,25)(H,26,27);1-2H3/t22?,23?,24?,25?,40-;20-;;/m00../s1. The van der Waals surface area contributed by atoms with Crippen molar-refractivity contribution in [2.24, 2.45) is 47.3 Å². The lowest BCUT2D eigenvalue weighted by molar-refractivity contribution is -0.172. The molecule has 6 aliphatic heterocycles. The Balaban J connectivity index is 0.000000157. The molecule has 6 N–H and O–H groups in total. The van der Waals surface area contributed by atoms with Crippen LogP contribution in [0, 0.1) is 47.3 Å². The van der Waals surface area contributed by atoms with Gasteiger partial charge in [-0.05, 0) is 200 Å². The van der Waals surface area contributed by atoms with E-state index in [9.17, 15) is 72.9 Å².